The standard InChI is InChI=1S/C2H2O5.CH2O3.H3N.Na.H/c3-1(4)7-2(5)6;2-1(3)4;;;/h(H,3,4)(H,5,6);(H2,2,3,4);1H3;;/q;;;+1;-1. The van der Waals surface area contributed by atoms with Crippen molar-refractivity contribution < 1.29 is 70.5 Å². The van der Waals surface area contributed by atoms with Gasteiger partial charge in [-0.25, -0.2) is 14.4 Å². The van der Waals surface area contributed by atoms with Crippen molar-refractivity contribution in [2.75, 3.05) is 0 Å². The Morgan fingerprint density at radius 3 is 1.08 bits per heavy atom. The Morgan fingerprint density at radius 2 is 1.08 bits per heavy atom. The second kappa shape index (κ2) is 13.6. The van der Waals surface area contributed by atoms with E-state index >= 15 is 0 Å². The molecule has 7 N–H and O–H groups in total. The van der Waals surface area contributed by atoms with E-state index in [1.165, 1.54) is 0 Å². The van der Waals surface area contributed by atoms with Crippen LogP contribution in [-0.4, -0.2) is 38.9 Å². The van der Waals surface area contributed by atoms with Crippen LogP contribution in [0.25, 0.3) is 0 Å². The van der Waals surface area contributed by atoms with E-state index in [-0.39, 0.29) is 37.1 Å². The normalized spacial score (nSPS) is 5.85. The predicted molar refractivity (Wildman–Crippen MR) is 33.9 cm³/mol. The second-order valence-corrected chi connectivity index (χ2v) is 0.916. The van der Waals surface area contributed by atoms with Crippen LogP contribution in [0.15, 0.2) is 0 Å². The maximum Gasteiger partial charge on any atom is 1.00 e. The van der Waals surface area contributed by atoms with Gasteiger partial charge in [0.15, 0.2) is 0 Å². The van der Waals surface area contributed by atoms with Crippen molar-refractivity contribution in [1.29, 1.82) is 0 Å². The van der Waals surface area contributed by atoms with Gasteiger partial charge in [-0.15, -0.1) is 0 Å². The quantitative estimate of drug-likeness (QED) is 0.169. The van der Waals surface area contributed by atoms with E-state index in [0.717, 1.165) is 0 Å². The summed E-state index contributed by atoms with van der Waals surface area (Å²) >= 11 is 0. The molecule has 0 unspecified atom stereocenters. The van der Waals surface area contributed by atoms with E-state index in [1.54, 1.807) is 0 Å². The number of carbonyl (C=O) groups is 3. The SMILES string of the molecule is N.O=C(O)O.O=C(O)OC(=O)O.[H-].[Na+]. The third-order valence-corrected chi connectivity index (χ3v) is 0.175. The maximum absolute atomic E-state index is 9.21. The van der Waals surface area contributed by atoms with Gasteiger partial charge in [-0.05, 0) is 0 Å². The Hall–Kier alpha value is -1.03. The Morgan fingerprint density at radius 1 is 0.923 bits per heavy atom. The summed E-state index contributed by atoms with van der Waals surface area (Å²) in [4.78, 5) is 27.0. The van der Waals surface area contributed by atoms with Gasteiger partial charge in [0, 0.05) is 0 Å². The van der Waals surface area contributed by atoms with Gasteiger partial charge in [0.1, 0.15) is 0 Å². The van der Waals surface area contributed by atoms with E-state index in [1.807, 2.05) is 0 Å². The third-order valence-electron chi connectivity index (χ3n) is 0.175. The van der Waals surface area contributed by atoms with Crippen molar-refractivity contribution in [2.45, 2.75) is 0 Å². The van der Waals surface area contributed by atoms with Gasteiger partial charge < -0.3 is 32.7 Å². The molecule has 0 spiro atoms. The summed E-state index contributed by atoms with van der Waals surface area (Å²) in [6.45, 7) is 0. The minimum atomic E-state index is -1.83. The van der Waals surface area contributed by atoms with Crippen LogP contribution in [0, 0.1) is 0 Å². The fourth-order valence-corrected chi connectivity index (χ4v) is 0.0747. The largest absolute Gasteiger partial charge is 1.00 e. The molecule has 0 aliphatic rings. The number of hydrogen-bond donors (Lipinski definition) is 5. The van der Waals surface area contributed by atoms with Crippen molar-refractivity contribution in [3.05, 3.63) is 0 Å². The minimum absolute atomic E-state index is 0. The average Bonchev–Trinajstić information content (AvgIpc) is 1.56. The molecule has 0 radical (unpaired) electrons. The molecular formula is C3H8NNaO8. The van der Waals surface area contributed by atoms with E-state index in [2.05, 4.69) is 4.74 Å². The van der Waals surface area contributed by atoms with Crippen molar-refractivity contribution in [2.24, 2.45) is 0 Å². The summed E-state index contributed by atoms with van der Waals surface area (Å²) in [6, 6.07) is 0. The summed E-state index contributed by atoms with van der Waals surface area (Å²) in [6.07, 6.45) is -5.46. The molecule has 0 bridgehead atoms. The first-order chi connectivity index (χ1) is 4.86. The molecule has 0 rings (SSSR count). The summed E-state index contributed by atoms with van der Waals surface area (Å²) in [7, 11) is 0. The molecule has 0 aromatic heterocycles. The molecule has 13 heavy (non-hydrogen) atoms. The van der Waals surface area contributed by atoms with E-state index in [4.69, 9.17) is 25.2 Å². The van der Waals surface area contributed by atoms with Gasteiger partial charge in [-0.1, -0.05) is 0 Å². The van der Waals surface area contributed by atoms with Gasteiger partial charge in [-0.2, -0.15) is 0 Å². The molecule has 10 heteroatoms. The zero-order valence-corrected chi connectivity index (χ0v) is 8.63. The van der Waals surface area contributed by atoms with Crippen LogP contribution in [0.2, 0.25) is 0 Å². The first-order valence-corrected chi connectivity index (χ1v) is 1.92. The van der Waals surface area contributed by atoms with Gasteiger partial charge in [0.2, 0.25) is 0 Å². The monoisotopic (exact) mass is 209 g/mol. The topological polar surface area (TPSA) is 176 Å². The Balaban J connectivity index is -0.0000000347. The molecule has 9 nitrogen and oxygen atoms in total. The van der Waals surface area contributed by atoms with E-state index < -0.39 is 18.5 Å². The van der Waals surface area contributed by atoms with Crippen LogP contribution in [0.1, 0.15) is 1.43 Å². The molecule has 74 valence electrons. The number of carboxylic acid groups (broad SMARTS) is 4. The second-order valence-electron chi connectivity index (χ2n) is 0.916. The summed E-state index contributed by atoms with van der Waals surface area (Å²) in [5.74, 6) is 0. The van der Waals surface area contributed by atoms with Crippen LogP contribution < -0.4 is 35.7 Å². The van der Waals surface area contributed by atoms with Gasteiger partial charge >= 0.3 is 48.0 Å². The van der Waals surface area contributed by atoms with Crippen LogP contribution in [0.5, 0.6) is 0 Å². The number of hydrogen-bond acceptors (Lipinski definition) is 5. The first-order valence-electron chi connectivity index (χ1n) is 1.92. The Kier molecular flexibility index (Phi) is 23.6. The van der Waals surface area contributed by atoms with Crippen molar-refractivity contribution in [3.8, 4) is 0 Å². The van der Waals surface area contributed by atoms with Crippen molar-refractivity contribution >= 4 is 18.5 Å². The van der Waals surface area contributed by atoms with Crippen LogP contribution >= 0.6 is 0 Å². The molecule has 0 fully saturated rings. The fraction of sp³-hybridized carbons (Fsp3) is 0. The van der Waals surface area contributed by atoms with E-state index in [9.17, 15) is 9.59 Å². The smallest absolute Gasteiger partial charge is 1.00 e. The Bertz CT molecular complexity index is 158. The fourth-order valence-electron chi connectivity index (χ4n) is 0.0747. The van der Waals surface area contributed by atoms with Crippen molar-refractivity contribution in [3.63, 3.8) is 0 Å². The van der Waals surface area contributed by atoms with E-state index in [0.29, 0.717) is 0 Å². The molecule has 0 saturated carbocycles. The summed E-state index contributed by atoms with van der Waals surface area (Å²) < 4.78 is 3.08. The van der Waals surface area contributed by atoms with Crippen molar-refractivity contribution in [1.82, 2.24) is 6.15 Å². The molecule has 0 aromatic carbocycles. The summed E-state index contributed by atoms with van der Waals surface area (Å²) in [5.41, 5.74) is 0. The van der Waals surface area contributed by atoms with Crippen LogP contribution in [0.4, 0.5) is 14.4 Å². The predicted octanol–water partition coefficient (Wildman–Crippen LogP) is -2.14. The number of rotatable bonds is 0. The first kappa shape index (κ1) is 22.7. The van der Waals surface area contributed by atoms with Crippen LogP contribution in [0.3, 0.4) is 0 Å². The Labute approximate surface area is 95.3 Å². The average molecular weight is 209 g/mol. The minimum Gasteiger partial charge on any atom is -1.00 e. The number of ether oxygens (including phenoxy) is 1. The summed E-state index contributed by atoms with van der Waals surface area (Å²) in [5, 5.41) is 28.9. The molecule has 0 atom stereocenters. The molecule has 0 aromatic rings. The third kappa shape index (κ3) is 100. The zero-order chi connectivity index (χ0) is 9.44. The molecular weight excluding hydrogens is 201 g/mol. The van der Waals surface area contributed by atoms with Gasteiger partial charge in [-0.3, -0.25) is 0 Å². The van der Waals surface area contributed by atoms with Gasteiger partial charge in [0.25, 0.3) is 0 Å². The molecule has 0 aliphatic carbocycles. The zero-order valence-electron chi connectivity index (χ0n) is 7.63. The van der Waals surface area contributed by atoms with Crippen LogP contribution in [-0.2, 0) is 4.74 Å². The molecule has 0 aliphatic heterocycles. The van der Waals surface area contributed by atoms with Gasteiger partial charge in [0.05, 0.1) is 0 Å². The maximum atomic E-state index is 9.21. The molecule has 0 heterocycles. The molecule has 0 amide bonds. The molecule has 0 saturated heterocycles.